The summed E-state index contributed by atoms with van der Waals surface area (Å²) in [6.45, 7) is 3.83. The molecule has 0 aliphatic carbocycles. The van der Waals surface area contributed by atoms with E-state index in [1.165, 1.54) is 26.4 Å². The maximum Gasteiger partial charge on any atom is 0.307 e. The van der Waals surface area contributed by atoms with Crippen LogP contribution in [0.15, 0.2) is 60.4 Å². The van der Waals surface area contributed by atoms with Crippen LogP contribution in [0.3, 0.4) is 0 Å². The third-order valence-corrected chi connectivity index (χ3v) is 8.20. The Morgan fingerprint density at radius 2 is 1.76 bits per heavy atom. The van der Waals surface area contributed by atoms with Crippen LogP contribution in [-0.4, -0.2) is 86.9 Å². The van der Waals surface area contributed by atoms with Crippen LogP contribution in [0.5, 0.6) is 0 Å². The van der Waals surface area contributed by atoms with Crippen molar-refractivity contribution in [3.63, 3.8) is 0 Å². The van der Waals surface area contributed by atoms with Gasteiger partial charge in [0.1, 0.15) is 5.70 Å². The molecule has 3 aromatic rings. The van der Waals surface area contributed by atoms with Crippen LogP contribution >= 0.6 is 11.6 Å². The number of carbonyl (C=O) groups is 2. The Labute approximate surface area is 227 Å². The van der Waals surface area contributed by atoms with Crippen molar-refractivity contribution in [1.82, 2.24) is 23.8 Å². The minimum atomic E-state index is -3.84. The molecule has 38 heavy (non-hydrogen) atoms. The number of hydrogen-bond donors (Lipinski definition) is 2. The molecule has 12 heteroatoms. The summed E-state index contributed by atoms with van der Waals surface area (Å²) in [6.07, 6.45) is 2.91. The van der Waals surface area contributed by atoms with Crippen molar-refractivity contribution >= 4 is 50.6 Å². The van der Waals surface area contributed by atoms with Gasteiger partial charge in [-0.1, -0.05) is 41.9 Å². The van der Waals surface area contributed by atoms with Gasteiger partial charge in [0, 0.05) is 57.4 Å². The number of hydrogen-bond acceptors (Lipinski definition) is 6. The number of carbonyl (C=O) groups excluding carboxylic acids is 2. The topological polar surface area (TPSA) is 113 Å². The first-order valence-electron chi connectivity index (χ1n) is 12.1. The van der Waals surface area contributed by atoms with Crippen LogP contribution in [0, 0.1) is 0 Å². The Hall–Kier alpha value is -3.22. The van der Waals surface area contributed by atoms with Crippen molar-refractivity contribution in [2.24, 2.45) is 0 Å². The van der Waals surface area contributed by atoms with E-state index in [-0.39, 0.29) is 16.3 Å². The van der Waals surface area contributed by atoms with Gasteiger partial charge in [0.15, 0.2) is 0 Å². The number of halogens is 1. The van der Waals surface area contributed by atoms with Gasteiger partial charge in [-0.05, 0) is 24.3 Å². The van der Waals surface area contributed by atoms with Crippen LogP contribution in [0.4, 0.5) is 0 Å². The summed E-state index contributed by atoms with van der Waals surface area (Å²) in [6, 6.07) is 13.5. The molecule has 2 aromatic carbocycles. The van der Waals surface area contributed by atoms with Crippen LogP contribution < -0.4 is 10.6 Å². The van der Waals surface area contributed by atoms with Gasteiger partial charge in [-0.25, -0.2) is 3.97 Å². The van der Waals surface area contributed by atoms with Crippen LogP contribution in [0.2, 0.25) is 5.02 Å². The number of benzene rings is 2. The summed E-state index contributed by atoms with van der Waals surface area (Å²) in [7, 11) is -0.955. The van der Waals surface area contributed by atoms with E-state index in [2.05, 4.69) is 15.5 Å². The van der Waals surface area contributed by atoms with E-state index < -0.39 is 22.0 Å². The van der Waals surface area contributed by atoms with Crippen LogP contribution in [0.25, 0.3) is 17.0 Å². The highest BCUT2D eigenvalue weighted by atomic mass is 35.5. The molecule has 0 saturated carbocycles. The van der Waals surface area contributed by atoms with Gasteiger partial charge in [-0.15, -0.1) is 0 Å². The molecule has 2 N–H and O–H groups in total. The van der Waals surface area contributed by atoms with E-state index >= 15 is 0 Å². The van der Waals surface area contributed by atoms with Crippen molar-refractivity contribution in [3.05, 3.63) is 76.6 Å². The van der Waals surface area contributed by atoms with Gasteiger partial charge < -0.3 is 15.4 Å². The lowest BCUT2D eigenvalue weighted by Gasteiger charge is -2.26. The maximum atomic E-state index is 13.3. The van der Waals surface area contributed by atoms with Crippen LogP contribution in [0.1, 0.15) is 15.9 Å². The summed E-state index contributed by atoms with van der Waals surface area (Å²) in [5.41, 5.74) is 1.06. The minimum Gasteiger partial charge on any atom is -0.379 e. The van der Waals surface area contributed by atoms with E-state index in [9.17, 15) is 18.0 Å². The predicted molar refractivity (Wildman–Crippen MR) is 147 cm³/mol. The molecule has 1 saturated heterocycles. The lowest BCUT2D eigenvalue weighted by Crippen LogP contribution is -2.42. The molecule has 1 aromatic heterocycles. The molecular weight excluding hydrogens is 530 g/mol. The number of ether oxygens (including phenoxy) is 1. The number of fused-ring (bicyclic) bond motifs is 1. The number of amides is 2. The molecule has 1 aliphatic heterocycles. The highest BCUT2D eigenvalue weighted by Crippen LogP contribution is 2.26. The summed E-state index contributed by atoms with van der Waals surface area (Å²) in [5.74, 6) is -1.07. The average Bonchev–Trinajstić information content (AvgIpc) is 3.28. The van der Waals surface area contributed by atoms with Crippen molar-refractivity contribution < 1.29 is 22.7 Å². The Kier molecular flexibility index (Phi) is 8.85. The fourth-order valence-corrected chi connectivity index (χ4v) is 5.28. The largest absolute Gasteiger partial charge is 0.379 e. The number of rotatable bonds is 9. The zero-order valence-corrected chi connectivity index (χ0v) is 22.8. The highest BCUT2D eigenvalue weighted by Gasteiger charge is 2.22. The first kappa shape index (κ1) is 27.8. The molecular formula is C26H30ClN5O5S. The van der Waals surface area contributed by atoms with Gasteiger partial charge in [0.05, 0.1) is 29.3 Å². The number of aromatic nitrogens is 1. The summed E-state index contributed by atoms with van der Waals surface area (Å²) in [4.78, 5) is 28.5. The first-order chi connectivity index (χ1) is 18.2. The first-order valence-corrected chi connectivity index (χ1v) is 13.8. The third kappa shape index (κ3) is 6.25. The SMILES string of the molecule is CN(C)S(=O)(=O)n1cc(/C=C(\NC(=O)c2ccccc2Cl)C(=O)NCCN2CCOCC2)c2ccccc21. The summed E-state index contributed by atoms with van der Waals surface area (Å²) in [5, 5.41) is 6.37. The normalized spacial score (nSPS) is 15.1. The minimum absolute atomic E-state index is 0.0398. The van der Waals surface area contributed by atoms with Gasteiger partial charge in [-0.2, -0.15) is 12.7 Å². The van der Waals surface area contributed by atoms with Gasteiger partial charge in [0.25, 0.3) is 11.8 Å². The molecule has 0 unspecified atom stereocenters. The van der Waals surface area contributed by atoms with Crippen molar-refractivity contribution in [2.75, 3.05) is 53.5 Å². The monoisotopic (exact) mass is 559 g/mol. The molecule has 0 radical (unpaired) electrons. The second-order valence-corrected chi connectivity index (χ2v) is 11.3. The van der Waals surface area contributed by atoms with E-state index in [0.717, 1.165) is 21.4 Å². The maximum absolute atomic E-state index is 13.3. The number of morpholine rings is 1. The molecule has 1 fully saturated rings. The standard InChI is InChI=1S/C26H30ClN5O5S/c1-30(2)38(35,36)32-18-19(20-7-4-6-10-24(20)32)17-23(29-25(33)21-8-3-5-9-22(21)27)26(34)28-11-12-31-13-15-37-16-14-31/h3-10,17-18H,11-16H2,1-2H3,(H,28,34)(H,29,33)/b23-17-. The Morgan fingerprint density at radius 1 is 1.08 bits per heavy atom. The molecule has 202 valence electrons. The Balaban J connectivity index is 1.68. The predicted octanol–water partition coefficient (Wildman–Crippen LogP) is 2.17. The second kappa shape index (κ2) is 12.1. The Morgan fingerprint density at radius 3 is 2.47 bits per heavy atom. The molecule has 10 nitrogen and oxygen atoms in total. The lowest BCUT2D eigenvalue weighted by molar-refractivity contribution is -0.117. The fraction of sp³-hybridized carbons (Fsp3) is 0.308. The number of para-hydroxylation sites is 1. The van der Waals surface area contributed by atoms with E-state index in [4.69, 9.17) is 16.3 Å². The quantitative estimate of drug-likeness (QED) is 0.389. The van der Waals surface area contributed by atoms with Gasteiger partial charge in [-0.3, -0.25) is 14.5 Å². The van der Waals surface area contributed by atoms with Crippen molar-refractivity contribution in [1.29, 1.82) is 0 Å². The second-order valence-electron chi connectivity index (χ2n) is 8.89. The zero-order chi connectivity index (χ0) is 27.3. The average molecular weight is 560 g/mol. The van der Waals surface area contributed by atoms with E-state index in [1.54, 1.807) is 48.5 Å². The fourth-order valence-electron chi connectivity index (χ4n) is 4.05. The highest BCUT2D eigenvalue weighted by molar-refractivity contribution is 7.87. The smallest absolute Gasteiger partial charge is 0.307 e. The van der Waals surface area contributed by atoms with Gasteiger partial charge >= 0.3 is 10.2 Å². The van der Waals surface area contributed by atoms with Gasteiger partial charge in [0.2, 0.25) is 0 Å². The molecule has 2 heterocycles. The molecule has 1 aliphatic rings. The van der Waals surface area contributed by atoms with E-state index in [0.29, 0.717) is 42.8 Å². The van der Waals surface area contributed by atoms with Crippen molar-refractivity contribution in [2.45, 2.75) is 0 Å². The van der Waals surface area contributed by atoms with Crippen molar-refractivity contribution in [3.8, 4) is 0 Å². The number of nitrogens with one attached hydrogen (secondary N) is 2. The molecule has 4 rings (SSSR count). The number of nitrogens with zero attached hydrogens (tertiary/aromatic N) is 3. The third-order valence-electron chi connectivity index (χ3n) is 6.15. The molecule has 0 atom stereocenters. The van der Waals surface area contributed by atoms with Crippen LogP contribution in [-0.2, 0) is 19.7 Å². The molecule has 0 spiro atoms. The molecule has 2 amide bonds. The zero-order valence-electron chi connectivity index (χ0n) is 21.2. The molecule has 0 bridgehead atoms. The van der Waals surface area contributed by atoms with E-state index in [1.807, 2.05) is 0 Å². The summed E-state index contributed by atoms with van der Waals surface area (Å²) >= 11 is 6.20. The summed E-state index contributed by atoms with van der Waals surface area (Å²) < 4.78 is 33.5. The lowest BCUT2D eigenvalue weighted by atomic mass is 10.1. The Bertz CT molecular complexity index is 1460.